The van der Waals surface area contributed by atoms with E-state index in [1.165, 1.54) is 19.3 Å². The van der Waals surface area contributed by atoms with Crippen molar-refractivity contribution in [3.63, 3.8) is 0 Å². The number of rotatable bonds is 5. The highest BCUT2D eigenvalue weighted by Crippen LogP contribution is 2.57. The molecule has 2 aliphatic carbocycles. The second-order valence-electron chi connectivity index (χ2n) is 8.17. The van der Waals surface area contributed by atoms with E-state index in [0.29, 0.717) is 17.6 Å². The van der Waals surface area contributed by atoms with E-state index in [2.05, 4.69) is 24.1 Å². The summed E-state index contributed by atoms with van der Waals surface area (Å²) in [5, 5.41) is 3.82. The van der Waals surface area contributed by atoms with Gasteiger partial charge in [0.1, 0.15) is 6.10 Å². The van der Waals surface area contributed by atoms with Crippen LogP contribution in [-0.4, -0.2) is 74.7 Å². The maximum atomic E-state index is 6.02. The Balaban J connectivity index is 0.00000210. The Kier molecular flexibility index (Phi) is 7.66. The molecule has 0 bridgehead atoms. The largest absolute Gasteiger partial charge is 0.378 e. The zero-order chi connectivity index (χ0) is 18.0. The molecule has 0 aromatic carbocycles. The predicted molar refractivity (Wildman–Crippen MR) is 117 cm³/mol. The molecule has 0 radical (unpaired) electrons. The number of guanidine groups is 1. The lowest BCUT2D eigenvalue weighted by Crippen LogP contribution is -2.69. The molecule has 4 atom stereocenters. The van der Waals surface area contributed by atoms with Gasteiger partial charge in [-0.05, 0) is 46.0 Å². The Bertz CT molecular complexity index is 509. The Hall–Kier alpha value is -0.120. The SMILES string of the molecule is CCN=C(NC1CC(OCC)C12CCC2)N1CCOC(C2CCCO2)C1.I. The molecule has 7 heteroatoms. The summed E-state index contributed by atoms with van der Waals surface area (Å²) in [6, 6.07) is 0.502. The summed E-state index contributed by atoms with van der Waals surface area (Å²) in [7, 11) is 0. The van der Waals surface area contributed by atoms with E-state index in [1.54, 1.807) is 0 Å². The number of nitrogens with one attached hydrogen (secondary N) is 1. The lowest BCUT2D eigenvalue weighted by atomic mass is 9.51. The van der Waals surface area contributed by atoms with Crippen LogP contribution in [-0.2, 0) is 14.2 Å². The number of ether oxygens (including phenoxy) is 3. The van der Waals surface area contributed by atoms with Gasteiger partial charge in [0.05, 0.1) is 18.8 Å². The van der Waals surface area contributed by atoms with E-state index in [-0.39, 0.29) is 36.2 Å². The predicted octanol–water partition coefficient (Wildman–Crippen LogP) is 2.80. The summed E-state index contributed by atoms with van der Waals surface area (Å²) in [6.45, 7) is 9.27. The van der Waals surface area contributed by atoms with Crippen LogP contribution in [0.5, 0.6) is 0 Å². The molecule has 0 aromatic heterocycles. The minimum absolute atomic E-state index is 0. The average molecular weight is 493 g/mol. The van der Waals surface area contributed by atoms with Crippen molar-refractivity contribution in [2.24, 2.45) is 10.4 Å². The Morgan fingerprint density at radius 2 is 2.00 bits per heavy atom. The molecule has 2 saturated heterocycles. The van der Waals surface area contributed by atoms with Crippen molar-refractivity contribution in [2.45, 2.75) is 76.7 Å². The Morgan fingerprint density at radius 3 is 2.63 bits per heavy atom. The van der Waals surface area contributed by atoms with Gasteiger partial charge in [-0.1, -0.05) is 6.42 Å². The van der Waals surface area contributed by atoms with Gasteiger partial charge in [-0.25, -0.2) is 0 Å². The average Bonchev–Trinajstić information content (AvgIpc) is 3.13. The van der Waals surface area contributed by atoms with Gasteiger partial charge in [0.2, 0.25) is 0 Å². The summed E-state index contributed by atoms with van der Waals surface area (Å²) >= 11 is 0. The second kappa shape index (κ2) is 9.59. The highest BCUT2D eigenvalue weighted by molar-refractivity contribution is 14.0. The van der Waals surface area contributed by atoms with Crippen molar-refractivity contribution in [3.8, 4) is 0 Å². The number of halogens is 1. The summed E-state index contributed by atoms with van der Waals surface area (Å²) in [5.74, 6) is 1.06. The van der Waals surface area contributed by atoms with Crippen LogP contribution in [0, 0.1) is 5.41 Å². The van der Waals surface area contributed by atoms with Crippen LogP contribution in [0.4, 0.5) is 0 Å². The zero-order valence-corrected chi connectivity index (χ0v) is 19.2. The summed E-state index contributed by atoms with van der Waals surface area (Å²) in [6.07, 6.45) is 8.15. The molecule has 0 aromatic rings. The van der Waals surface area contributed by atoms with Crippen molar-refractivity contribution in [1.82, 2.24) is 10.2 Å². The van der Waals surface area contributed by atoms with Crippen LogP contribution < -0.4 is 5.32 Å². The lowest BCUT2D eigenvalue weighted by molar-refractivity contribution is -0.169. The molecule has 0 amide bonds. The molecule has 4 fully saturated rings. The van der Waals surface area contributed by atoms with E-state index in [0.717, 1.165) is 64.7 Å². The number of morpholine rings is 1. The first-order chi connectivity index (χ1) is 12.8. The Labute approximate surface area is 180 Å². The van der Waals surface area contributed by atoms with Gasteiger partial charge in [-0.3, -0.25) is 4.99 Å². The first-order valence-electron chi connectivity index (χ1n) is 10.7. The minimum Gasteiger partial charge on any atom is -0.378 e. The molecule has 2 aliphatic heterocycles. The molecule has 27 heavy (non-hydrogen) atoms. The maximum Gasteiger partial charge on any atom is 0.194 e. The van der Waals surface area contributed by atoms with Gasteiger partial charge >= 0.3 is 0 Å². The van der Waals surface area contributed by atoms with Crippen molar-refractivity contribution in [3.05, 3.63) is 0 Å². The summed E-state index contributed by atoms with van der Waals surface area (Å²) in [5.41, 5.74) is 0.352. The highest BCUT2D eigenvalue weighted by Gasteiger charge is 2.59. The third kappa shape index (κ3) is 4.26. The van der Waals surface area contributed by atoms with Crippen LogP contribution >= 0.6 is 24.0 Å². The van der Waals surface area contributed by atoms with Gasteiger partial charge in [-0.2, -0.15) is 0 Å². The van der Waals surface area contributed by atoms with Crippen LogP contribution in [0.15, 0.2) is 4.99 Å². The monoisotopic (exact) mass is 493 g/mol. The number of aliphatic imine (C=N–C) groups is 1. The van der Waals surface area contributed by atoms with E-state index >= 15 is 0 Å². The van der Waals surface area contributed by atoms with Gasteiger partial charge < -0.3 is 24.4 Å². The third-order valence-electron chi connectivity index (χ3n) is 6.82. The van der Waals surface area contributed by atoms with Gasteiger partial charge in [-0.15, -0.1) is 24.0 Å². The second-order valence-corrected chi connectivity index (χ2v) is 8.17. The maximum absolute atomic E-state index is 6.02. The highest BCUT2D eigenvalue weighted by atomic mass is 127. The minimum atomic E-state index is 0. The molecule has 4 aliphatic rings. The number of nitrogens with zero attached hydrogens (tertiary/aromatic N) is 2. The molecule has 2 saturated carbocycles. The lowest BCUT2D eigenvalue weighted by Gasteiger charge is -2.61. The van der Waals surface area contributed by atoms with Crippen LogP contribution in [0.1, 0.15) is 52.4 Å². The van der Waals surface area contributed by atoms with Crippen LogP contribution in [0.3, 0.4) is 0 Å². The molecule has 156 valence electrons. The zero-order valence-electron chi connectivity index (χ0n) is 16.8. The van der Waals surface area contributed by atoms with E-state index in [9.17, 15) is 0 Å². The molecule has 1 N–H and O–H groups in total. The molecule has 6 nitrogen and oxygen atoms in total. The first-order valence-corrected chi connectivity index (χ1v) is 10.7. The molecule has 4 unspecified atom stereocenters. The van der Waals surface area contributed by atoms with Crippen LogP contribution in [0.25, 0.3) is 0 Å². The van der Waals surface area contributed by atoms with E-state index < -0.39 is 0 Å². The van der Waals surface area contributed by atoms with Gasteiger partial charge in [0.25, 0.3) is 0 Å². The molecular formula is C20H36IN3O3. The molecular weight excluding hydrogens is 457 g/mol. The topological polar surface area (TPSA) is 55.3 Å². The number of hydrogen-bond acceptors (Lipinski definition) is 4. The quantitative estimate of drug-likeness (QED) is 0.363. The van der Waals surface area contributed by atoms with Crippen molar-refractivity contribution < 1.29 is 14.2 Å². The summed E-state index contributed by atoms with van der Waals surface area (Å²) in [4.78, 5) is 7.21. The number of hydrogen-bond donors (Lipinski definition) is 1. The van der Waals surface area contributed by atoms with Crippen molar-refractivity contribution in [2.75, 3.05) is 39.5 Å². The first kappa shape index (κ1) is 21.6. The van der Waals surface area contributed by atoms with Crippen molar-refractivity contribution >= 4 is 29.9 Å². The fraction of sp³-hybridized carbons (Fsp3) is 0.950. The Morgan fingerprint density at radius 1 is 1.19 bits per heavy atom. The fourth-order valence-corrected chi connectivity index (χ4v) is 5.17. The van der Waals surface area contributed by atoms with Gasteiger partial charge in [0.15, 0.2) is 5.96 Å². The van der Waals surface area contributed by atoms with Gasteiger partial charge in [0, 0.05) is 44.3 Å². The van der Waals surface area contributed by atoms with E-state index in [4.69, 9.17) is 19.2 Å². The smallest absolute Gasteiger partial charge is 0.194 e. The molecule has 2 heterocycles. The van der Waals surface area contributed by atoms with Crippen LogP contribution in [0.2, 0.25) is 0 Å². The van der Waals surface area contributed by atoms with Crippen molar-refractivity contribution in [1.29, 1.82) is 0 Å². The third-order valence-corrected chi connectivity index (χ3v) is 6.82. The summed E-state index contributed by atoms with van der Waals surface area (Å²) < 4.78 is 17.9. The standard InChI is InChI=1S/C20H35N3O3.HI/c1-3-21-19(22-17-13-18(24-4-2)20(17)8-6-9-20)23-10-12-26-16(14-23)15-7-5-11-25-15;/h15-18H,3-14H2,1-2H3,(H,21,22);1H. The molecule has 4 rings (SSSR count). The fourth-order valence-electron chi connectivity index (χ4n) is 5.17. The van der Waals surface area contributed by atoms with E-state index in [1.807, 2.05) is 0 Å². The molecule has 1 spiro atoms. The normalized spacial score (nSPS) is 35.3.